The molecule has 6 heteroatoms. The topological polar surface area (TPSA) is 50.8 Å². The van der Waals surface area contributed by atoms with Crippen molar-refractivity contribution in [1.82, 2.24) is 10.2 Å². The molecular weight excluding hydrogens is 300 g/mol. The van der Waals surface area contributed by atoms with Crippen molar-refractivity contribution in [3.8, 4) is 11.5 Å². The van der Waals surface area contributed by atoms with Gasteiger partial charge < -0.3 is 14.8 Å². The average molecular weight is 320 g/mol. The average Bonchev–Trinajstić information content (AvgIpc) is 2.76. The monoisotopic (exact) mass is 320 g/mol. The summed E-state index contributed by atoms with van der Waals surface area (Å²) in [6.07, 6.45) is 1.77. The van der Waals surface area contributed by atoms with Gasteiger partial charge in [0.05, 0.1) is 13.2 Å². The fourth-order valence-corrected chi connectivity index (χ4v) is 2.50. The fourth-order valence-electron chi connectivity index (χ4n) is 2.18. The lowest BCUT2D eigenvalue weighted by atomic mass is 10.1. The predicted molar refractivity (Wildman–Crippen MR) is 89.9 cm³/mol. The first-order valence-corrected chi connectivity index (χ1v) is 7.75. The normalized spacial score (nSPS) is 16.1. The number of carbonyl (C=O) groups is 1. The van der Waals surface area contributed by atoms with Crippen LogP contribution < -0.4 is 14.8 Å². The minimum Gasteiger partial charge on any atom is -0.490 e. The van der Waals surface area contributed by atoms with E-state index in [1.54, 1.807) is 6.08 Å². The highest BCUT2D eigenvalue weighted by Gasteiger charge is 2.29. The first-order valence-electron chi connectivity index (χ1n) is 7.34. The Bertz CT molecular complexity index is 613. The number of amides is 1. The summed E-state index contributed by atoms with van der Waals surface area (Å²) in [5.41, 5.74) is 1.32. The summed E-state index contributed by atoms with van der Waals surface area (Å²) in [7, 11) is 0. The number of thiocarbonyl (C=S) groups is 1. The van der Waals surface area contributed by atoms with Crippen molar-refractivity contribution < 1.29 is 14.3 Å². The van der Waals surface area contributed by atoms with Crippen LogP contribution in [-0.4, -0.2) is 35.7 Å². The molecule has 1 amide bonds. The second-order valence-corrected chi connectivity index (χ2v) is 5.00. The van der Waals surface area contributed by atoms with Crippen LogP contribution in [0.25, 0.3) is 6.08 Å². The molecule has 1 aromatic carbocycles. The van der Waals surface area contributed by atoms with Crippen molar-refractivity contribution >= 4 is 29.3 Å². The number of likely N-dealkylation sites (N-methyl/N-ethyl adjacent to an activating group) is 1. The van der Waals surface area contributed by atoms with Crippen molar-refractivity contribution in [1.29, 1.82) is 0 Å². The van der Waals surface area contributed by atoms with Gasteiger partial charge in [-0.3, -0.25) is 9.69 Å². The van der Waals surface area contributed by atoms with Crippen LogP contribution in [0.2, 0.25) is 0 Å². The third-order valence-electron chi connectivity index (χ3n) is 3.16. The largest absolute Gasteiger partial charge is 0.490 e. The Morgan fingerprint density at radius 1 is 1.18 bits per heavy atom. The molecule has 0 unspecified atom stereocenters. The zero-order chi connectivity index (χ0) is 16.1. The maximum absolute atomic E-state index is 12.2. The summed E-state index contributed by atoms with van der Waals surface area (Å²) < 4.78 is 11.1. The molecule has 0 bridgehead atoms. The Kier molecular flexibility index (Phi) is 5.38. The van der Waals surface area contributed by atoms with Gasteiger partial charge in [-0.2, -0.15) is 0 Å². The van der Waals surface area contributed by atoms with Crippen molar-refractivity contribution in [2.75, 3.05) is 19.8 Å². The van der Waals surface area contributed by atoms with Crippen molar-refractivity contribution in [3.63, 3.8) is 0 Å². The zero-order valence-electron chi connectivity index (χ0n) is 13.0. The summed E-state index contributed by atoms with van der Waals surface area (Å²) in [4.78, 5) is 13.7. The molecule has 1 aliphatic heterocycles. The number of rotatable bonds is 6. The Morgan fingerprint density at radius 2 is 1.86 bits per heavy atom. The highest BCUT2D eigenvalue weighted by atomic mass is 32.1. The fraction of sp³-hybridized carbons (Fsp3) is 0.375. The number of nitrogens with one attached hydrogen (secondary N) is 1. The highest BCUT2D eigenvalue weighted by Crippen LogP contribution is 2.29. The molecular formula is C16H20N2O3S. The molecule has 0 atom stereocenters. The van der Waals surface area contributed by atoms with Crippen LogP contribution in [0, 0.1) is 0 Å². The Morgan fingerprint density at radius 3 is 2.45 bits per heavy atom. The zero-order valence-corrected chi connectivity index (χ0v) is 13.8. The lowest BCUT2D eigenvalue weighted by molar-refractivity contribution is -0.122. The maximum Gasteiger partial charge on any atom is 0.276 e. The molecule has 5 nitrogen and oxygen atoms in total. The van der Waals surface area contributed by atoms with Crippen molar-refractivity contribution in [3.05, 3.63) is 29.5 Å². The molecule has 1 aromatic rings. The molecule has 0 spiro atoms. The number of benzene rings is 1. The molecule has 2 rings (SSSR count). The highest BCUT2D eigenvalue weighted by molar-refractivity contribution is 7.80. The summed E-state index contributed by atoms with van der Waals surface area (Å²) in [5.74, 6) is 1.25. The summed E-state index contributed by atoms with van der Waals surface area (Å²) in [6.45, 7) is 7.40. The van der Waals surface area contributed by atoms with E-state index in [1.807, 2.05) is 39.0 Å². The first kappa shape index (κ1) is 16.3. The van der Waals surface area contributed by atoms with Gasteiger partial charge in [-0.15, -0.1) is 0 Å². The second kappa shape index (κ2) is 7.26. The predicted octanol–water partition coefficient (Wildman–Crippen LogP) is 2.56. The smallest absolute Gasteiger partial charge is 0.276 e. The standard InChI is InChI=1S/C16H20N2O3S/c1-4-18-15(19)12(17-16(18)22)9-11-7-8-13(20-5-2)14(10-11)21-6-3/h7-10H,4-6H2,1-3H3,(H,17,22)/b12-9-. The molecule has 1 fully saturated rings. The van der Waals surface area contributed by atoms with E-state index in [1.165, 1.54) is 4.90 Å². The summed E-state index contributed by atoms with van der Waals surface area (Å²) >= 11 is 5.14. The maximum atomic E-state index is 12.2. The second-order valence-electron chi connectivity index (χ2n) is 4.61. The minimum absolute atomic E-state index is 0.112. The van der Waals surface area contributed by atoms with E-state index < -0.39 is 0 Å². The summed E-state index contributed by atoms with van der Waals surface area (Å²) in [6, 6.07) is 5.58. The van der Waals surface area contributed by atoms with Crippen molar-refractivity contribution in [2.45, 2.75) is 20.8 Å². The molecule has 1 N–H and O–H groups in total. The third kappa shape index (κ3) is 3.39. The van der Waals surface area contributed by atoms with E-state index >= 15 is 0 Å². The van der Waals surface area contributed by atoms with E-state index in [0.29, 0.717) is 42.1 Å². The summed E-state index contributed by atoms with van der Waals surface area (Å²) in [5, 5.41) is 3.38. The van der Waals surface area contributed by atoms with Gasteiger partial charge in [0.25, 0.3) is 5.91 Å². The first-order chi connectivity index (χ1) is 10.6. The molecule has 0 radical (unpaired) electrons. The van der Waals surface area contributed by atoms with Crippen LogP contribution in [0.5, 0.6) is 11.5 Å². The minimum atomic E-state index is -0.112. The van der Waals surface area contributed by atoms with Gasteiger partial charge in [0.2, 0.25) is 0 Å². The SMILES string of the molecule is CCOc1ccc(/C=C2\NC(=S)N(CC)C2=O)cc1OCC. The van der Waals surface area contributed by atoms with Gasteiger partial charge in [0.15, 0.2) is 16.6 Å². The van der Waals surface area contributed by atoms with Gasteiger partial charge in [0.1, 0.15) is 5.70 Å². The Balaban J connectivity index is 2.30. The van der Waals surface area contributed by atoms with Crippen LogP contribution in [0.15, 0.2) is 23.9 Å². The van der Waals surface area contributed by atoms with Gasteiger partial charge in [-0.1, -0.05) is 6.07 Å². The number of nitrogens with zero attached hydrogens (tertiary/aromatic N) is 1. The molecule has 0 aromatic heterocycles. The van der Waals surface area contributed by atoms with Crippen LogP contribution >= 0.6 is 12.2 Å². The van der Waals surface area contributed by atoms with E-state index in [9.17, 15) is 4.79 Å². The van der Waals surface area contributed by atoms with Crippen LogP contribution in [0.1, 0.15) is 26.3 Å². The van der Waals surface area contributed by atoms with Gasteiger partial charge in [0, 0.05) is 6.54 Å². The molecule has 1 heterocycles. The molecule has 118 valence electrons. The molecule has 0 aliphatic carbocycles. The van der Waals surface area contributed by atoms with Gasteiger partial charge in [-0.25, -0.2) is 0 Å². The van der Waals surface area contributed by atoms with E-state index in [0.717, 1.165) is 5.56 Å². The van der Waals surface area contributed by atoms with Crippen molar-refractivity contribution in [2.24, 2.45) is 0 Å². The van der Waals surface area contributed by atoms with Crippen LogP contribution in [-0.2, 0) is 4.79 Å². The molecule has 1 saturated heterocycles. The lowest BCUT2D eigenvalue weighted by Gasteiger charge is -2.11. The molecule has 22 heavy (non-hydrogen) atoms. The van der Waals surface area contributed by atoms with E-state index in [4.69, 9.17) is 21.7 Å². The van der Waals surface area contributed by atoms with Crippen LogP contribution in [0.4, 0.5) is 0 Å². The molecule has 0 saturated carbocycles. The quantitative estimate of drug-likeness (QED) is 0.645. The van der Waals surface area contributed by atoms with E-state index in [-0.39, 0.29) is 5.91 Å². The lowest BCUT2D eigenvalue weighted by Crippen LogP contribution is -2.30. The number of hydrogen-bond acceptors (Lipinski definition) is 4. The molecule has 1 aliphatic rings. The van der Waals surface area contributed by atoms with Crippen LogP contribution in [0.3, 0.4) is 0 Å². The Labute approximate surface area is 135 Å². The number of ether oxygens (including phenoxy) is 2. The van der Waals surface area contributed by atoms with Gasteiger partial charge >= 0.3 is 0 Å². The Hall–Kier alpha value is -2.08. The number of carbonyl (C=O) groups excluding carboxylic acids is 1. The van der Waals surface area contributed by atoms with Gasteiger partial charge in [-0.05, 0) is 56.8 Å². The number of hydrogen-bond donors (Lipinski definition) is 1. The van der Waals surface area contributed by atoms with E-state index in [2.05, 4.69) is 5.32 Å². The third-order valence-corrected chi connectivity index (χ3v) is 3.48.